The highest BCUT2D eigenvalue weighted by Gasteiger charge is 2.12. The molecule has 0 radical (unpaired) electrons. The first kappa shape index (κ1) is 13.6. The van der Waals surface area contributed by atoms with Crippen LogP contribution in [-0.4, -0.2) is 9.55 Å². The Balaban J connectivity index is 2.16. The third-order valence-electron chi connectivity index (χ3n) is 3.28. The lowest BCUT2D eigenvalue weighted by Crippen LogP contribution is -1.99. The number of halogens is 2. The molecule has 0 fully saturated rings. The lowest BCUT2D eigenvalue weighted by atomic mass is 10.1. The minimum Gasteiger partial charge on any atom is -0.295 e. The molecule has 21 heavy (non-hydrogen) atoms. The SMILES string of the molecule is N#CCc1ccc(-n2c(CCl)nc3cc(F)ccc32)cc1. The molecule has 0 unspecified atom stereocenters. The molecule has 0 aliphatic heterocycles. The number of hydrogen-bond acceptors (Lipinski definition) is 2. The first-order chi connectivity index (χ1) is 10.2. The number of fused-ring (bicyclic) bond motifs is 1. The van der Waals surface area contributed by atoms with Crippen LogP contribution in [0.2, 0.25) is 0 Å². The number of imidazole rings is 1. The van der Waals surface area contributed by atoms with Crippen molar-refractivity contribution in [2.45, 2.75) is 12.3 Å². The highest BCUT2D eigenvalue weighted by atomic mass is 35.5. The second kappa shape index (κ2) is 5.55. The van der Waals surface area contributed by atoms with Crippen LogP contribution in [0, 0.1) is 17.1 Å². The fourth-order valence-electron chi connectivity index (χ4n) is 2.34. The molecule has 0 amide bonds. The van der Waals surface area contributed by atoms with E-state index in [1.54, 1.807) is 6.07 Å². The third-order valence-corrected chi connectivity index (χ3v) is 3.52. The van der Waals surface area contributed by atoms with Gasteiger partial charge in [-0.2, -0.15) is 5.26 Å². The highest BCUT2D eigenvalue weighted by molar-refractivity contribution is 6.17. The number of nitriles is 1. The number of nitrogens with zero attached hydrogens (tertiary/aromatic N) is 3. The molecule has 3 rings (SSSR count). The Hall–Kier alpha value is -2.38. The smallest absolute Gasteiger partial charge is 0.129 e. The molecule has 0 aliphatic rings. The van der Waals surface area contributed by atoms with Gasteiger partial charge in [0.25, 0.3) is 0 Å². The van der Waals surface area contributed by atoms with Gasteiger partial charge in [-0.1, -0.05) is 12.1 Å². The van der Waals surface area contributed by atoms with Crippen molar-refractivity contribution in [2.24, 2.45) is 0 Å². The van der Waals surface area contributed by atoms with Gasteiger partial charge in [-0.25, -0.2) is 9.37 Å². The lowest BCUT2D eigenvalue weighted by molar-refractivity contribution is 0.629. The van der Waals surface area contributed by atoms with Gasteiger partial charge in [-0.15, -0.1) is 11.6 Å². The minimum atomic E-state index is -0.322. The maximum Gasteiger partial charge on any atom is 0.129 e. The Morgan fingerprint density at radius 2 is 1.95 bits per heavy atom. The van der Waals surface area contributed by atoms with Gasteiger partial charge in [-0.3, -0.25) is 4.57 Å². The Morgan fingerprint density at radius 3 is 2.62 bits per heavy atom. The van der Waals surface area contributed by atoms with Crippen molar-refractivity contribution in [3.8, 4) is 11.8 Å². The molecule has 2 aromatic carbocycles. The van der Waals surface area contributed by atoms with E-state index in [9.17, 15) is 4.39 Å². The van der Waals surface area contributed by atoms with Crippen molar-refractivity contribution in [1.82, 2.24) is 9.55 Å². The van der Waals surface area contributed by atoms with Crippen LogP contribution in [0.3, 0.4) is 0 Å². The zero-order chi connectivity index (χ0) is 14.8. The number of benzene rings is 2. The van der Waals surface area contributed by atoms with E-state index in [0.717, 1.165) is 16.8 Å². The number of alkyl halides is 1. The third kappa shape index (κ3) is 2.48. The average Bonchev–Trinajstić information content (AvgIpc) is 2.86. The normalized spacial score (nSPS) is 10.7. The van der Waals surface area contributed by atoms with Crippen LogP contribution in [0.15, 0.2) is 42.5 Å². The molecule has 104 valence electrons. The maximum absolute atomic E-state index is 13.3. The van der Waals surface area contributed by atoms with Gasteiger partial charge in [0, 0.05) is 11.8 Å². The predicted molar refractivity (Wildman–Crippen MR) is 79.9 cm³/mol. The summed E-state index contributed by atoms with van der Waals surface area (Å²) in [6.07, 6.45) is 0.374. The number of rotatable bonds is 3. The molecule has 0 atom stereocenters. The van der Waals surface area contributed by atoms with E-state index in [1.807, 2.05) is 28.8 Å². The second-order valence-electron chi connectivity index (χ2n) is 4.63. The Kier molecular flexibility index (Phi) is 3.59. The van der Waals surface area contributed by atoms with Crippen molar-refractivity contribution < 1.29 is 4.39 Å². The molecule has 3 nitrogen and oxygen atoms in total. The lowest BCUT2D eigenvalue weighted by Gasteiger charge is -2.08. The predicted octanol–water partition coefficient (Wildman–Crippen LogP) is 3.97. The van der Waals surface area contributed by atoms with E-state index in [1.165, 1.54) is 12.1 Å². The summed E-state index contributed by atoms with van der Waals surface area (Å²) in [6.45, 7) is 0. The van der Waals surface area contributed by atoms with Crippen LogP contribution in [0.25, 0.3) is 16.7 Å². The van der Waals surface area contributed by atoms with E-state index in [4.69, 9.17) is 16.9 Å². The summed E-state index contributed by atoms with van der Waals surface area (Å²) in [5.41, 5.74) is 3.22. The molecular weight excluding hydrogens is 289 g/mol. The molecular formula is C16H11ClFN3. The van der Waals surface area contributed by atoms with Gasteiger partial charge in [0.2, 0.25) is 0 Å². The minimum absolute atomic E-state index is 0.232. The van der Waals surface area contributed by atoms with Gasteiger partial charge in [0.15, 0.2) is 0 Å². The fourth-order valence-corrected chi connectivity index (χ4v) is 2.51. The summed E-state index contributed by atoms with van der Waals surface area (Å²) >= 11 is 5.95. The van der Waals surface area contributed by atoms with Crippen LogP contribution >= 0.6 is 11.6 Å². The second-order valence-corrected chi connectivity index (χ2v) is 4.90. The van der Waals surface area contributed by atoms with E-state index < -0.39 is 0 Å². The summed E-state index contributed by atoms with van der Waals surface area (Å²) in [5.74, 6) is 0.568. The quantitative estimate of drug-likeness (QED) is 0.687. The molecule has 0 saturated carbocycles. The molecule has 0 N–H and O–H groups in total. The molecule has 1 aromatic heterocycles. The Morgan fingerprint density at radius 1 is 1.19 bits per heavy atom. The maximum atomic E-state index is 13.3. The van der Waals surface area contributed by atoms with Gasteiger partial charge in [0.05, 0.1) is 29.4 Å². The summed E-state index contributed by atoms with van der Waals surface area (Å²) in [5, 5.41) is 8.70. The zero-order valence-electron chi connectivity index (χ0n) is 11.1. The number of hydrogen-bond donors (Lipinski definition) is 0. The Bertz CT molecular complexity index is 831. The van der Waals surface area contributed by atoms with Gasteiger partial charge >= 0.3 is 0 Å². The standard InChI is InChI=1S/C16H11ClFN3/c17-10-16-20-14-9-12(18)3-6-15(14)21(16)13-4-1-11(2-5-13)7-8-19/h1-6,9H,7,10H2. The van der Waals surface area contributed by atoms with Gasteiger partial charge < -0.3 is 0 Å². The van der Waals surface area contributed by atoms with Crippen molar-refractivity contribution in [3.05, 3.63) is 59.7 Å². The van der Waals surface area contributed by atoms with Crippen molar-refractivity contribution in [3.63, 3.8) is 0 Å². The van der Waals surface area contributed by atoms with Gasteiger partial charge in [0.1, 0.15) is 11.6 Å². The van der Waals surface area contributed by atoms with E-state index >= 15 is 0 Å². The monoisotopic (exact) mass is 299 g/mol. The molecule has 1 heterocycles. The Labute approximate surface area is 126 Å². The molecule has 3 aromatic rings. The first-order valence-corrected chi connectivity index (χ1v) is 6.95. The summed E-state index contributed by atoms with van der Waals surface area (Å²) in [6, 6.07) is 14.2. The number of aromatic nitrogens is 2. The highest BCUT2D eigenvalue weighted by Crippen LogP contribution is 2.23. The van der Waals surface area contributed by atoms with E-state index in [0.29, 0.717) is 17.8 Å². The van der Waals surface area contributed by atoms with Crippen LogP contribution < -0.4 is 0 Å². The van der Waals surface area contributed by atoms with Crippen LogP contribution in [-0.2, 0) is 12.3 Å². The summed E-state index contributed by atoms with van der Waals surface area (Å²) < 4.78 is 15.2. The largest absolute Gasteiger partial charge is 0.295 e. The molecule has 0 saturated heterocycles. The van der Waals surface area contributed by atoms with Crippen molar-refractivity contribution >= 4 is 22.6 Å². The van der Waals surface area contributed by atoms with Gasteiger partial charge in [-0.05, 0) is 29.8 Å². The summed E-state index contributed by atoms with van der Waals surface area (Å²) in [7, 11) is 0. The molecule has 5 heteroatoms. The van der Waals surface area contributed by atoms with E-state index in [-0.39, 0.29) is 11.7 Å². The zero-order valence-corrected chi connectivity index (χ0v) is 11.8. The molecule has 0 bridgehead atoms. The molecule has 0 spiro atoms. The van der Waals surface area contributed by atoms with Crippen LogP contribution in [0.5, 0.6) is 0 Å². The first-order valence-electron chi connectivity index (χ1n) is 6.42. The summed E-state index contributed by atoms with van der Waals surface area (Å²) in [4.78, 5) is 4.37. The average molecular weight is 300 g/mol. The van der Waals surface area contributed by atoms with Crippen molar-refractivity contribution in [1.29, 1.82) is 5.26 Å². The van der Waals surface area contributed by atoms with Crippen LogP contribution in [0.1, 0.15) is 11.4 Å². The van der Waals surface area contributed by atoms with Crippen molar-refractivity contribution in [2.75, 3.05) is 0 Å². The topological polar surface area (TPSA) is 41.6 Å². The van der Waals surface area contributed by atoms with Crippen LogP contribution in [0.4, 0.5) is 4.39 Å². The fraction of sp³-hybridized carbons (Fsp3) is 0.125. The molecule has 0 aliphatic carbocycles. The van der Waals surface area contributed by atoms with E-state index in [2.05, 4.69) is 11.1 Å².